The molecule has 26 heavy (non-hydrogen) atoms. The number of nitrogens with one attached hydrogen (secondary N) is 2. The van der Waals surface area contributed by atoms with Gasteiger partial charge in [-0.2, -0.15) is 0 Å². The normalized spacial score (nSPS) is 15.3. The second kappa shape index (κ2) is 7.59. The van der Waals surface area contributed by atoms with Crippen LogP contribution in [0.5, 0.6) is 0 Å². The summed E-state index contributed by atoms with van der Waals surface area (Å²) in [5, 5.41) is 6.16. The molecule has 2 aromatic rings. The van der Waals surface area contributed by atoms with Gasteiger partial charge in [-0.15, -0.1) is 0 Å². The fourth-order valence-electron chi connectivity index (χ4n) is 2.32. The molecular weight excluding hydrogens is 377 g/mol. The van der Waals surface area contributed by atoms with Gasteiger partial charge in [0.1, 0.15) is 12.2 Å². The molecule has 1 fully saturated rings. The molecule has 2 aromatic carbocycles. The fourth-order valence-corrected chi connectivity index (χ4v) is 2.57. The van der Waals surface area contributed by atoms with Crippen molar-refractivity contribution in [2.24, 2.45) is 0 Å². The number of anilines is 1. The molecule has 0 atom stereocenters. The number of carbonyl (C=O) groups is 3. The summed E-state index contributed by atoms with van der Waals surface area (Å²) >= 11 is 11.6. The maximum absolute atomic E-state index is 12.4. The molecule has 0 aromatic heterocycles. The van der Waals surface area contributed by atoms with Crippen molar-refractivity contribution in [2.75, 3.05) is 11.9 Å². The third-order valence-electron chi connectivity index (χ3n) is 3.57. The monoisotopic (exact) mass is 389 g/mol. The lowest BCUT2D eigenvalue weighted by molar-refractivity contribution is -0.127. The lowest BCUT2D eigenvalue weighted by Gasteiger charge is -2.12. The van der Waals surface area contributed by atoms with E-state index in [0.717, 1.165) is 4.90 Å². The number of nitrogens with zero attached hydrogens (tertiary/aromatic N) is 1. The quantitative estimate of drug-likeness (QED) is 0.620. The second-order valence-corrected chi connectivity index (χ2v) is 6.36. The predicted molar refractivity (Wildman–Crippen MR) is 99.8 cm³/mol. The summed E-state index contributed by atoms with van der Waals surface area (Å²) in [6, 6.07) is 12.6. The van der Waals surface area contributed by atoms with Crippen molar-refractivity contribution in [3.8, 4) is 0 Å². The summed E-state index contributed by atoms with van der Waals surface area (Å²) < 4.78 is 0. The zero-order valence-corrected chi connectivity index (χ0v) is 14.8. The van der Waals surface area contributed by atoms with E-state index in [9.17, 15) is 14.4 Å². The van der Waals surface area contributed by atoms with E-state index >= 15 is 0 Å². The van der Waals surface area contributed by atoms with Gasteiger partial charge in [0.15, 0.2) is 0 Å². The first-order chi connectivity index (χ1) is 12.4. The van der Waals surface area contributed by atoms with Crippen molar-refractivity contribution in [1.29, 1.82) is 0 Å². The Morgan fingerprint density at radius 3 is 2.19 bits per heavy atom. The van der Waals surface area contributed by atoms with Gasteiger partial charge in [0.25, 0.3) is 5.91 Å². The summed E-state index contributed by atoms with van der Waals surface area (Å²) in [5.74, 6) is -1.07. The largest absolute Gasteiger partial charge is 0.329 e. The third-order valence-corrected chi connectivity index (χ3v) is 4.08. The number of carbonyl (C=O) groups excluding carboxylic acids is 3. The van der Waals surface area contributed by atoms with Gasteiger partial charge < -0.3 is 10.6 Å². The van der Waals surface area contributed by atoms with E-state index in [1.165, 1.54) is 6.08 Å². The van der Waals surface area contributed by atoms with Gasteiger partial charge in [-0.05, 0) is 48.0 Å². The van der Waals surface area contributed by atoms with Crippen LogP contribution in [0.15, 0.2) is 54.2 Å². The number of hydrogen-bond acceptors (Lipinski definition) is 3. The maximum Gasteiger partial charge on any atom is 0.329 e. The van der Waals surface area contributed by atoms with Crippen LogP contribution in [0.25, 0.3) is 6.08 Å². The molecule has 0 unspecified atom stereocenters. The van der Waals surface area contributed by atoms with Gasteiger partial charge in [0.05, 0.1) is 0 Å². The van der Waals surface area contributed by atoms with Crippen LogP contribution in [0.1, 0.15) is 5.56 Å². The van der Waals surface area contributed by atoms with E-state index in [1.807, 2.05) is 0 Å². The van der Waals surface area contributed by atoms with Gasteiger partial charge in [-0.1, -0.05) is 35.3 Å². The van der Waals surface area contributed by atoms with Crippen molar-refractivity contribution in [1.82, 2.24) is 10.2 Å². The Bertz CT molecular complexity index is 893. The third kappa shape index (κ3) is 4.22. The SMILES string of the molecule is O=C(CN1C(=O)N/C(=C/c2ccc(Cl)cc2)C1=O)Nc1ccc(Cl)cc1. The first-order valence-corrected chi connectivity index (χ1v) is 8.33. The topological polar surface area (TPSA) is 78.5 Å². The van der Waals surface area contributed by atoms with Crippen LogP contribution in [0.3, 0.4) is 0 Å². The van der Waals surface area contributed by atoms with E-state index in [0.29, 0.717) is 21.3 Å². The Hall–Kier alpha value is -2.83. The molecule has 0 spiro atoms. The van der Waals surface area contributed by atoms with Gasteiger partial charge in [-0.25, -0.2) is 9.69 Å². The van der Waals surface area contributed by atoms with Crippen molar-refractivity contribution in [2.45, 2.75) is 0 Å². The Labute approximate surface area is 159 Å². The van der Waals surface area contributed by atoms with Crippen LogP contribution in [-0.2, 0) is 9.59 Å². The van der Waals surface area contributed by atoms with Crippen LogP contribution in [0.4, 0.5) is 10.5 Å². The number of hydrogen-bond donors (Lipinski definition) is 2. The molecule has 132 valence electrons. The molecule has 1 aliphatic rings. The highest BCUT2D eigenvalue weighted by Gasteiger charge is 2.34. The molecule has 0 saturated carbocycles. The predicted octanol–water partition coefficient (Wildman–Crippen LogP) is 3.52. The molecule has 6 nitrogen and oxygen atoms in total. The summed E-state index contributed by atoms with van der Waals surface area (Å²) in [7, 11) is 0. The number of imide groups is 1. The van der Waals surface area contributed by atoms with Gasteiger partial charge in [0, 0.05) is 15.7 Å². The van der Waals surface area contributed by atoms with Crippen LogP contribution < -0.4 is 10.6 Å². The van der Waals surface area contributed by atoms with Crippen molar-refractivity contribution < 1.29 is 14.4 Å². The van der Waals surface area contributed by atoms with E-state index in [4.69, 9.17) is 23.2 Å². The van der Waals surface area contributed by atoms with Gasteiger partial charge >= 0.3 is 6.03 Å². The van der Waals surface area contributed by atoms with Crippen LogP contribution in [-0.4, -0.2) is 29.3 Å². The van der Waals surface area contributed by atoms with Crippen LogP contribution >= 0.6 is 23.2 Å². The molecule has 0 bridgehead atoms. The zero-order chi connectivity index (χ0) is 18.7. The lowest BCUT2D eigenvalue weighted by atomic mass is 10.2. The molecule has 1 heterocycles. The number of rotatable bonds is 4. The van der Waals surface area contributed by atoms with E-state index in [1.54, 1.807) is 48.5 Å². The standard InChI is InChI=1S/C18H13Cl2N3O3/c19-12-3-1-11(2-4-12)9-15-17(25)23(18(26)22-15)10-16(24)21-14-7-5-13(20)6-8-14/h1-9H,10H2,(H,21,24)(H,22,26)/b15-9+. The number of benzene rings is 2. The van der Waals surface area contributed by atoms with Crippen LogP contribution in [0.2, 0.25) is 10.0 Å². The minimum absolute atomic E-state index is 0.0941. The van der Waals surface area contributed by atoms with E-state index in [2.05, 4.69) is 10.6 Å². The Balaban J connectivity index is 1.67. The van der Waals surface area contributed by atoms with E-state index < -0.39 is 24.4 Å². The fraction of sp³-hybridized carbons (Fsp3) is 0.0556. The highest BCUT2D eigenvalue weighted by molar-refractivity contribution is 6.31. The lowest BCUT2D eigenvalue weighted by Crippen LogP contribution is -2.38. The van der Waals surface area contributed by atoms with Crippen molar-refractivity contribution >= 4 is 52.8 Å². The minimum atomic E-state index is -0.651. The summed E-state index contributed by atoms with van der Waals surface area (Å²) in [4.78, 5) is 37.3. The second-order valence-electron chi connectivity index (χ2n) is 5.49. The number of halogens is 2. The summed E-state index contributed by atoms with van der Waals surface area (Å²) in [6.07, 6.45) is 1.52. The smallest absolute Gasteiger partial charge is 0.325 e. The molecule has 8 heteroatoms. The number of amides is 4. The number of urea groups is 1. The molecule has 2 N–H and O–H groups in total. The molecule has 1 aliphatic heterocycles. The Morgan fingerprint density at radius 1 is 1.00 bits per heavy atom. The zero-order valence-electron chi connectivity index (χ0n) is 13.3. The maximum atomic E-state index is 12.4. The highest BCUT2D eigenvalue weighted by atomic mass is 35.5. The van der Waals surface area contributed by atoms with Gasteiger partial charge in [-0.3, -0.25) is 9.59 Å². The molecule has 4 amide bonds. The molecule has 0 radical (unpaired) electrons. The molecule has 1 saturated heterocycles. The molecule has 3 rings (SSSR count). The Morgan fingerprint density at radius 2 is 1.58 bits per heavy atom. The minimum Gasteiger partial charge on any atom is -0.325 e. The Kier molecular flexibility index (Phi) is 5.25. The first-order valence-electron chi connectivity index (χ1n) is 7.58. The van der Waals surface area contributed by atoms with Crippen molar-refractivity contribution in [3.05, 3.63) is 69.8 Å². The average molecular weight is 390 g/mol. The van der Waals surface area contributed by atoms with Gasteiger partial charge in [0.2, 0.25) is 5.91 Å². The average Bonchev–Trinajstić information content (AvgIpc) is 2.86. The molecular formula is C18H13Cl2N3O3. The summed E-state index contributed by atoms with van der Waals surface area (Å²) in [5.41, 5.74) is 1.31. The van der Waals surface area contributed by atoms with Crippen molar-refractivity contribution in [3.63, 3.8) is 0 Å². The summed E-state index contributed by atoms with van der Waals surface area (Å²) in [6.45, 7) is -0.398. The van der Waals surface area contributed by atoms with Crippen LogP contribution in [0, 0.1) is 0 Å². The first kappa shape index (κ1) is 18.0. The highest BCUT2D eigenvalue weighted by Crippen LogP contribution is 2.17. The van der Waals surface area contributed by atoms with E-state index in [-0.39, 0.29) is 5.70 Å². The molecule has 0 aliphatic carbocycles.